The molecule has 2 rings (SSSR count). The Labute approximate surface area is 126 Å². The fraction of sp³-hybridized carbons (Fsp3) is 1.00. The molecule has 3 heteroatoms. The Balaban J connectivity index is 1.89. The van der Waals surface area contributed by atoms with E-state index < -0.39 is 0 Å². The Morgan fingerprint density at radius 3 is 1.95 bits per heavy atom. The first-order valence-electron chi connectivity index (χ1n) is 8.76. The van der Waals surface area contributed by atoms with Crippen LogP contribution in [-0.2, 0) is 0 Å². The lowest BCUT2D eigenvalue weighted by Crippen LogP contribution is -2.59. The molecule has 2 heterocycles. The first-order valence-corrected chi connectivity index (χ1v) is 8.76. The summed E-state index contributed by atoms with van der Waals surface area (Å²) in [5.41, 5.74) is 0. The second-order valence-electron chi connectivity index (χ2n) is 7.25. The van der Waals surface area contributed by atoms with Crippen LogP contribution in [0.4, 0.5) is 0 Å². The monoisotopic (exact) mass is 281 g/mol. The number of piperazine rings is 1. The maximum atomic E-state index is 2.84. The first kappa shape index (κ1) is 16.3. The fourth-order valence-electron chi connectivity index (χ4n) is 3.94. The summed E-state index contributed by atoms with van der Waals surface area (Å²) < 4.78 is 0. The average Bonchev–Trinajstić information content (AvgIpc) is 2.46. The molecule has 2 fully saturated rings. The van der Waals surface area contributed by atoms with Gasteiger partial charge in [-0.2, -0.15) is 0 Å². The minimum Gasteiger partial charge on any atom is -0.301 e. The van der Waals surface area contributed by atoms with Crippen LogP contribution in [0.2, 0.25) is 0 Å². The van der Waals surface area contributed by atoms with Crippen molar-refractivity contribution in [1.82, 2.24) is 14.7 Å². The SMILES string of the molecule is CC[C@H]1CN(C(C)C)CCN1C1CCN(C(C)C)CC1. The largest absolute Gasteiger partial charge is 0.301 e. The van der Waals surface area contributed by atoms with Crippen molar-refractivity contribution in [3.8, 4) is 0 Å². The van der Waals surface area contributed by atoms with E-state index in [2.05, 4.69) is 49.3 Å². The highest BCUT2D eigenvalue weighted by molar-refractivity contribution is 4.90. The van der Waals surface area contributed by atoms with Gasteiger partial charge in [-0.25, -0.2) is 0 Å². The summed E-state index contributed by atoms with van der Waals surface area (Å²) in [7, 11) is 0. The lowest BCUT2D eigenvalue weighted by atomic mass is 9.97. The van der Waals surface area contributed by atoms with E-state index >= 15 is 0 Å². The normalized spacial score (nSPS) is 28.6. The van der Waals surface area contributed by atoms with Gasteiger partial charge in [-0.1, -0.05) is 6.92 Å². The van der Waals surface area contributed by atoms with E-state index in [1.54, 1.807) is 0 Å². The van der Waals surface area contributed by atoms with Crippen LogP contribution < -0.4 is 0 Å². The van der Waals surface area contributed by atoms with Crippen molar-refractivity contribution in [3.63, 3.8) is 0 Å². The van der Waals surface area contributed by atoms with Crippen LogP contribution in [0.1, 0.15) is 53.9 Å². The molecule has 0 amide bonds. The summed E-state index contributed by atoms with van der Waals surface area (Å²) in [5.74, 6) is 0. The van der Waals surface area contributed by atoms with E-state index in [9.17, 15) is 0 Å². The van der Waals surface area contributed by atoms with Gasteiger partial charge in [0.05, 0.1) is 0 Å². The molecular weight excluding hydrogens is 246 g/mol. The minimum absolute atomic E-state index is 0.703. The zero-order valence-corrected chi connectivity index (χ0v) is 14.3. The summed E-state index contributed by atoms with van der Waals surface area (Å²) in [4.78, 5) is 8.15. The summed E-state index contributed by atoms with van der Waals surface area (Å²) in [6, 6.07) is 3.04. The van der Waals surface area contributed by atoms with Gasteiger partial charge in [0.2, 0.25) is 0 Å². The van der Waals surface area contributed by atoms with Gasteiger partial charge in [0.25, 0.3) is 0 Å². The number of piperidine rings is 1. The highest BCUT2D eigenvalue weighted by Crippen LogP contribution is 2.24. The summed E-state index contributed by atoms with van der Waals surface area (Å²) in [6.45, 7) is 18.1. The predicted molar refractivity (Wildman–Crippen MR) is 87.2 cm³/mol. The van der Waals surface area contributed by atoms with Crippen LogP contribution in [0.25, 0.3) is 0 Å². The Hall–Kier alpha value is -0.120. The summed E-state index contributed by atoms with van der Waals surface area (Å²) in [5, 5.41) is 0. The molecule has 0 aliphatic carbocycles. The zero-order chi connectivity index (χ0) is 14.7. The van der Waals surface area contributed by atoms with Gasteiger partial charge in [0.15, 0.2) is 0 Å². The molecule has 2 aliphatic rings. The van der Waals surface area contributed by atoms with Gasteiger partial charge in [0, 0.05) is 43.8 Å². The van der Waals surface area contributed by atoms with Gasteiger partial charge in [-0.05, 0) is 60.0 Å². The van der Waals surface area contributed by atoms with Crippen molar-refractivity contribution in [3.05, 3.63) is 0 Å². The molecule has 0 radical (unpaired) electrons. The topological polar surface area (TPSA) is 9.72 Å². The molecule has 118 valence electrons. The highest BCUT2D eigenvalue weighted by atomic mass is 15.3. The van der Waals surface area contributed by atoms with Crippen LogP contribution in [0.5, 0.6) is 0 Å². The standard InChI is InChI=1S/C17H35N3/c1-6-16-13-19(15(4)5)11-12-20(16)17-7-9-18(10-8-17)14(2)3/h14-17H,6-13H2,1-5H3/t16-/m0/s1. The molecule has 0 N–H and O–H groups in total. The van der Waals surface area contributed by atoms with Crippen molar-refractivity contribution in [2.45, 2.75) is 78.0 Å². The molecule has 0 aromatic heterocycles. The lowest BCUT2D eigenvalue weighted by molar-refractivity contribution is 0.000405. The quantitative estimate of drug-likeness (QED) is 0.784. The minimum atomic E-state index is 0.703. The molecule has 3 nitrogen and oxygen atoms in total. The van der Waals surface area contributed by atoms with E-state index in [0.717, 1.165) is 18.1 Å². The van der Waals surface area contributed by atoms with Crippen molar-refractivity contribution in [2.24, 2.45) is 0 Å². The Morgan fingerprint density at radius 1 is 0.850 bits per heavy atom. The van der Waals surface area contributed by atoms with E-state index in [1.807, 2.05) is 0 Å². The molecule has 20 heavy (non-hydrogen) atoms. The van der Waals surface area contributed by atoms with Crippen molar-refractivity contribution < 1.29 is 0 Å². The van der Waals surface area contributed by atoms with E-state index in [0.29, 0.717) is 6.04 Å². The van der Waals surface area contributed by atoms with Gasteiger partial charge in [-0.3, -0.25) is 9.80 Å². The maximum absolute atomic E-state index is 2.84. The Bertz CT molecular complexity index is 282. The molecule has 0 aromatic carbocycles. The third kappa shape index (κ3) is 3.75. The molecular formula is C17H35N3. The number of nitrogens with zero attached hydrogens (tertiary/aromatic N) is 3. The van der Waals surface area contributed by atoms with Crippen LogP contribution in [0.3, 0.4) is 0 Å². The van der Waals surface area contributed by atoms with E-state index in [1.165, 1.54) is 52.0 Å². The maximum Gasteiger partial charge on any atom is 0.0224 e. The third-order valence-electron chi connectivity index (χ3n) is 5.46. The van der Waals surface area contributed by atoms with Gasteiger partial charge >= 0.3 is 0 Å². The zero-order valence-electron chi connectivity index (χ0n) is 14.3. The number of hydrogen-bond acceptors (Lipinski definition) is 3. The molecule has 0 bridgehead atoms. The predicted octanol–water partition coefficient (Wildman–Crippen LogP) is 2.66. The first-order chi connectivity index (χ1) is 9.52. The number of rotatable bonds is 4. The second kappa shape index (κ2) is 7.24. The molecule has 2 aliphatic heterocycles. The lowest BCUT2D eigenvalue weighted by Gasteiger charge is -2.48. The van der Waals surface area contributed by atoms with Gasteiger partial charge in [0.1, 0.15) is 0 Å². The Kier molecular flexibility index (Phi) is 5.88. The Morgan fingerprint density at radius 2 is 1.45 bits per heavy atom. The van der Waals surface area contributed by atoms with Crippen molar-refractivity contribution in [2.75, 3.05) is 32.7 Å². The van der Waals surface area contributed by atoms with E-state index in [4.69, 9.17) is 0 Å². The van der Waals surface area contributed by atoms with Crippen LogP contribution in [0, 0.1) is 0 Å². The summed E-state index contributed by atoms with van der Waals surface area (Å²) >= 11 is 0. The molecule has 0 spiro atoms. The highest BCUT2D eigenvalue weighted by Gasteiger charge is 2.33. The average molecular weight is 281 g/mol. The molecule has 1 atom stereocenters. The number of likely N-dealkylation sites (tertiary alicyclic amines) is 1. The summed E-state index contributed by atoms with van der Waals surface area (Å²) in [6.07, 6.45) is 4.04. The van der Waals surface area contributed by atoms with Gasteiger partial charge < -0.3 is 4.90 Å². The smallest absolute Gasteiger partial charge is 0.0224 e. The third-order valence-corrected chi connectivity index (χ3v) is 5.46. The van der Waals surface area contributed by atoms with Crippen LogP contribution in [-0.4, -0.2) is 71.6 Å². The van der Waals surface area contributed by atoms with Crippen LogP contribution >= 0.6 is 0 Å². The molecule has 0 saturated carbocycles. The molecule has 0 aromatic rings. The van der Waals surface area contributed by atoms with Crippen LogP contribution in [0.15, 0.2) is 0 Å². The molecule has 2 saturated heterocycles. The van der Waals surface area contributed by atoms with Crippen molar-refractivity contribution in [1.29, 1.82) is 0 Å². The van der Waals surface area contributed by atoms with E-state index in [-0.39, 0.29) is 0 Å². The van der Waals surface area contributed by atoms with Gasteiger partial charge in [-0.15, -0.1) is 0 Å². The second-order valence-corrected chi connectivity index (χ2v) is 7.25. The fourth-order valence-corrected chi connectivity index (χ4v) is 3.94. The molecule has 0 unspecified atom stereocenters. The van der Waals surface area contributed by atoms with Crippen molar-refractivity contribution >= 4 is 0 Å². The number of hydrogen-bond donors (Lipinski definition) is 0.